The van der Waals surface area contributed by atoms with Gasteiger partial charge in [-0.3, -0.25) is 18.8 Å². The minimum Gasteiger partial charge on any atom is -0.376 e. The van der Waals surface area contributed by atoms with Crippen molar-refractivity contribution in [2.45, 2.75) is 52.8 Å². The molecule has 2 aromatic rings. The van der Waals surface area contributed by atoms with Crippen molar-refractivity contribution in [2.75, 3.05) is 19.6 Å². The third kappa shape index (κ3) is 4.49. The first-order valence-electron chi connectivity index (χ1n) is 9.35. The normalized spacial score (nSPS) is 13.6. The summed E-state index contributed by atoms with van der Waals surface area (Å²) in [5.74, 6) is 5.75. The zero-order valence-corrected chi connectivity index (χ0v) is 16.8. The molecule has 0 aliphatic rings. The second kappa shape index (κ2) is 8.55. The lowest BCUT2D eigenvalue weighted by atomic mass is 10.1. The van der Waals surface area contributed by atoms with Crippen LogP contribution in [0.25, 0.3) is 11.2 Å². The predicted molar refractivity (Wildman–Crippen MR) is 106 cm³/mol. The van der Waals surface area contributed by atoms with Crippen LogP contribution < -0.4 is 11.2 Å². The van der Waals surface area contributed by atoms with Gasteiger partial charge >= 0.3 is 5.69 Å². The van der Waals surface area contributed by atoms with Gasteiger partial charge in [0.1, 0.15) is 5.60 Å². The average Bonchev–Trinajstić information content (AvgIpc) is 3.05. The highest BCUT2D eigenvalue weighted by Gasteiger charge is 2.23. The van der Waals surface area contributed by atoms with Crippen LogP contribution >= 0.6 is 0 Å². The summed E-state index contributed by atoms with van der Waals surface area (Å²) in [5.41, 5.74) is -1.75. The van der Waals surface area contributed by atoms with Gasteiger partial charge in [0.2, 0.25) is 0 Å². The van der Waals surface area contributed by atoms with Crippen LogP contribution in [-0.4, -0.2) is 53.9 Å². The Morgan fingerprint density at radius 3 is 2.52 bits per heavy atom. The molecule has 1 N–H and O–H groups in total. The summed E-state index contributed by atoms with van der Waals surface area (Å²) in [6.07, 6.45) is 2.41. The number of fused-ring (bicyclic) bond motifs is 1. The highest BCUT2D eigenvalue weighted by atomic mass is 16.3. The van der Waals surface area contributed by atoms with Crippen molar-refractivity contribution < 1.29 is 5.11 Å². The molecule has 27 heavy (non-hydrogen) atoms. The molecular formula is C19H29N5O3. The van der Waals surface area contributed by atoms with E-state index >= 15 is 0 Å². The van der Waals surface area contributed by atoms with E-state index in [0.29, 0.717) is 24.3 Å². The molecule has 8 nitrogen and oxygen atoms in total. The molecule has 0 saturated carbocycles. The van der Waals surface area contributed by atoms with E-state index in [1.165, 1.54) is 11.5 Å². The Morgan fingerprint density at radius 1 is 1.26 bits per heavy atom. The fourth-order valence-corrected chi connectivity index (χ4v) is 3.01. The molecule has 2 heterocycles. The second-order valence-electron chi connectivity index (χ2n) is 6.88. The molecule has 0 bridgehead atoms. The Balaban J connectivity index is 2.44. The van der Waals surface area contributed by atoms with Crippen LogP contribution in [0.1, 0.15) is 34.1 Å². The highest BCUT2D eigenvalue weighted by molar-refractivity contribution is 5.69. The molecule has 0 aliphatic carbocycles. The van der Waals surface area contributed by atoms with Gasteiger partial charge in [-0.25, -0.2) is 9.78 Å². The summed E-state index contributed by atoms with van der Waals surface area (Å²) in [6.45, 7) is 10.3. The quantitative estimate of drug-likeness (QED) is 0.708. The molecule has 8 heteroatoms. The van der Waals surface area contributed by atoms with Crippen molar-refractivity contribution >= 4 is 11.2 Å². The summed E-state index contributed by atoms with van der Waals surface area (Å²) in [4.78, 5) is 31.9. The van der Waals surface area contributed by atoms with E-state index < -0.39 is 16.9 Å². The molecule has 2 rings (SSSR count). The smallest absolute Gasteiger partial charge is 0.332 e. The third-order valence-corrected chi connectivity index (χ3v) is 4.59. The van der Waals surface area contributed by atoms with Gasteiger partial charge in [-0.2, -0.15) is 0 Å². The Bertz CT molecular complexity index is 967. The summed E-state index contributed by atoms with van der Waals surface area (Å²) >= 11 is 0. The van der Waals surface area contributed by atoms with E-state index in [-0.39, 0.29) is 6.54 Å². The fourth-order valence-electron chi connectivity index (χ4n) is 3.01. The van der Waals surface area contributed by atoms with E-state index in [4.69, 9.17) is 0 Å². The van der Waals surface area contributed by atoms with E-state index in [1.807, 2.05) is 20.8 Å². The van der Waals surface area contributed by atoms with Crippen molar-refractivity contribution in [2.24, 2.45) is 7.05 Å². The molecule has 1 unspecified atom stereocenters. The number of rotatable bonds is 7. The molecule has 0 spiro atoms. The molecule has 148 valence electrons. The first kappa shape index (κ1) is 20.9. The van der Waals surface area contributed by atoms with Crippen LogP contribution in [0.15, 0.2) is 15.9 Å². The van der Waals surface area contributed by atoms with Gasteiger partial charge < -0.3 is 9.67 Å². The molecule has 0 radical (unpaired) electrons. The Morgan fingerprint density at radius 2 is 1.93 bits per heavy atom. The van der Waals surface area contributed by atoms with Gasteiger partial charge in [0.15, 0.2) is 11.2 Å². The van der Waals surface area contributed by atoms with Gasteiger partial charge in [0.05, 0.1) is 19.4 Å². The second-order valence-corrected chi connectivity index (χ2v) is 6.88. The molecule has 0 fully saturated rings. The maximum absolute atomic E-state index is 12.9. The van der Waals surface area contributed by atoms with Crippen LogP contribution in [0.3, 0.4) is 0 Å². The monoisotopic (exact) mass is 375 g/mol. The number of aryl methyl sites for hydroxylation is 2. The predicted octanol–water partition coefficient (Wildman–Crippen LogP) is 0.403. The molecule has 0 saturated heterocycles. The number of aliphatic hydroxyl groups is 1. The maximum Gasteiger partial charge on any atom is 0.332 e. The van der Waals surface area contributed by atoms with Crippen molar-refractivity contribution in [1.29, 1.82) is 0 Å². The van der Waals surface area contributed by atoms with Gasteiger partial charge in [0, 0.05) is 13.6 Å². The number of nitrogens with zero attached hydrogens (tertiary/aromatic N) is 5. The van der Waals surface area contributed by atoms with E-state index in [2.05, 4.69) is 21.7 Å². The van der Waals surface area contributed by atoms with E-state index in [0.717, 1.165) is 24.1 Å². The lowest BCUT2D eigenvalue weighted by Gasteiger charge is -2.19. The lowest BCUT2D eigenvalue weighted by molar-refractivity contribution is 0.0987. The Labute approximate surface area is 159 Å². The van der Waals surface area contributed by atoms with Crippen LogP contribution in [-0.2, 0) is 20.1 Å². The van der Waals surface area contributed by atoms with Crippen molar-refractivity contribution in [3.8, 4) is 11.8 Å². The molecule has 2 aromatic heterocycles. The first-order chi connectivity index (χ1) is 12.8. The number of imidazole rings is 1. The summed E-state index contributed by atoms with van der Waals surface area (Å²) in [5, 5.41) is 10.6. The van der Waals surface area contributed by atoms with Crippen molar-refractivity contribution in [1.82, 2.24) is 23.6 Å². The SMILES string of the molecule is CCCn1cnc2c1c(=O)n(CC(C)(O)C#CCN(CC)CC)c(=O)n2C. The van der Waals surface area contributed by atoms with Gasteiger partial charge in [-0.05, 0) is 26.4 Å². The highest BCUT2D eigenvalue weighted by Crippen LogP contribution is 2.08. The van der Waals surface area contributed by atoms with Crippen molar-refractivity contribution in [3.63, 3.8) is 0 Å². The van der Waals surface area contributed by atoms with Crippen LogP contribution in [0, 0.1) is 11.8 Å². The molecule has 1 atom stereocenters. The summed E-state index contributed by atoms with van der Waals surface area (Å²) in [6, 6.07) is 0. The standard InChI is InChI=1S/C19H29N5O3/c1-6-11-23-14-20-16-15(23)17(25)24(18(26)21(16)5)13-19(4,27)10-9-12-22(7-2)8-3/h14,27H,6-8,11-13H2,1-5H3. The number of hydrogen-bond donors (Lipinski definition) is 1. The molecular weight excluding hydrogens is 346 g/mol. The number of aromatic nitrogens is 4. The Kier molecular flexibility index (Phi) is 6.63. The fraction of sp³-hybridized carbons (Fsp3) is 0.632. The zero-order valence-electron chi connectivity index (χ0n) is 16.8. The zero-order chi connectivity index (χ0) is 20.2. The van der Waals surface area contributed by atoms with Gasteiger partial charge in [-0.1, -0.05) is 32.6 Å². The summed E-state index contributed by atoms with van der Waals surface area (Å²) < 4.78 is 4.12. The van der Waals surface area contributed by atoms with Gasteiger partial charge in [0.25, 0.3) is 5.56 Å². The third-order valence-electron chi connectivity index (χ3n) is 4.59. The van der Waals surface area contributed by atoms with Crippen LogP contribution in [0.2, 0.25) is 0 Å². The Hall–Kier alpha value is -2.37. The largest absolute Gasteiger partial charge is 0.376 e. The van der Waals surface area contributed by atoms with E-state index in [9.17, 15) is 14.7 Å². The lowest BCUT2D eigenvalue weighted by Crippen LogP contribution is -2.45. The molecule has 0 aliphatic heterocycles. The minimum absolute atomic E-state index is 0.197. The van der Waals surface area contributed by atoms with Crippen LogP contribution in [0.5, 0.6) is 0 Å². The topological polar surface area (TPSA) is 85.3 Å². The minimum atomic E-state index is -1.49. The molecule has 0 amide bonds. The van der Waals surface area contributed by atoms with E-state index in [1.54, 1.807) is 17.9 Å². The molecule has 0 aromatic carbocycles. The maximum atomic E-state index is 12.9. The van der Waals surface area contributed by atoms with Crippen molar-refractivity contribution in [3.05, 3.63) is 27.2 Å². The average molecular weight is 375 g/mol. The first-order valence-corrected chi connectivity index (χ1v) is 9.35. The number of hydrogen-bond acceptors (Lipinski definition) is 5. The van der Waals surface area contributed by atoms with Gasteiger partial charge in [-0.15, -0.1) is 0 Å². The summed E-state index contributed by atoms with van der Waals surface area (Å²) in [7, 11) is 1.57. The van der Waals surface area contributed by atoms with Crippen LogP contribution in [0.4, 0.5) is 0 Å².